The van der Waals surface area contributed by atoms with Crippen LogP contribution in [0.2, 0.25) is 0 Å². The summed E-state index contributed by atoms with van der Waals surface area (Å²) in [5.41, 5.74) is 2.38. The van der Waals surface area contributed by atoms with Gasteiger partial charge in [0.05, 0.1) is 6.61 Å². The van der Waals surface area contributed by atoms with Crippen molar-refractivity contribution in [1.29, 1.82) is 0 Å². The Morgan fingerprint density at radius 2 is 1.83 bits per heavy atom. The second-order valence-corrected chi connectivity index (χ2v) is 3.97. The zero-order chi connectivity index (χ0) is 13.4. The maximum absolute atomic E-state index is 12.0. The molecule has 6 heteroatoms. The average Bonchev–Trinajstić information content (AvgIpc) is 2.33. The van der Waals surface area contributed by atoms with Crippen LogP contribution in [0.1, 0.15) is 19.3 Å². The molecule has 0 radical (unpaired) electrons. The number of nitrogens with one attached hydrogen (secondary N) is 1. The highest BCUT2D eigenvalue weighted by molar-refractivity contribution is 5.20. The fourth-order valence-electron chi connectivity index (χ4n) is 1.48. The van der Waals surface area contributed by atoms with Crippen LogP contribution in [-0.2, 0) is 0 Å². The Balaban J connectivity index is 2.23. The van der Waals surface area contributed by atoms with E-state index in [-0.39, 0.29) is 6.42 Å². The number of halogens is 3. The molecule has 1 unspecified atom stereocenters. The molecule has 0 saturated carbocycles. The predicted molar refractivity (Wildman–Crippen MR) is 63.0 cm³/mol. The van der Waals surface area contributed by atoms with Crippen LogP contribution in [-0.4, -0.2) is 18.8 Å². The second-order valence-electron chi connectivity index (χ2n) is 3.97. The van der Waals surface area contributed by atoms with Gasteiger partial charge in [-0.3, -0.25) is 11.3 Å². The molecule has 0 aliphatic rings. The lowest BCUT2D eigenvalue weighted by Gasteiger charge is -2.17. The van der Waals surface area contributed by atoms with Crippen molar-refractivity contribution in [1.82, 2.24) is 5.43 Å². The second kappa shape index (κ2) is 7.23. The molecule has 0 aromatic heterocycles. The summed E-state index contributed by atoms with van der Waals surface area (Å²) in [6.45, 7) is 0.330. The van der Waals surface area contributed by atoms with E-state index in [0.717, 1.165) is 0 Å². The minimum Gasteiger partial charge on any atom is -0.494 e. The topological polar surface area (TPSA) is 47.3 Å². The quantitative estimate of drug-likeness (QED) is 0.586. The number of alkyl halides is 3. The van der Waals surface area contributed by atoms with E-state index in [0.29, 0.717) is 18.8 Å². The number of rotatable bonds is 7. The van der Waals surface area contributed by atoms with Crippen LogP contribution in [0.25, 0.3) is 0 Å². The van der Waals surface area contributed by atoms with Gasteiger partial charge in [-0.25, -0.2) is 0 Å². The molecule has 0 aliphatic carbocycles. The van der Waals surface area contributed by atoms with Gasteiger partial charge in [0.25, 0.3) is 0 Å². The summed E-state index contributed by atoms with van der Waals surface area (Å²) in [4.78, 5) is 0. The largest absolute Gasteiger partial charge is 0.494 e. The third-order valence-electron chi connectivity index (χ3n) is 2.49. The molecule has 1 aromatic rings. The van der Waals surface area contributed by atoms with Crippen molar-refractivity contribution < 1.29 is 17.9 Å². The van der Waals surface area contributed by atoms with E-state index in [2.05, 4.69) is 5.43 Å². The van der Waals surface area contributed by atoms with Crippen LogP contribution < -0.4 is 16.0 Å². The zero-order valence-corrected chi connectivity index (χ0v) is 9.91. The number of para-hydroxylation sites is 1. The Bertz CT molecular complexity index is 330. The first-order valence-corrected chi connectivity index (χ1v) is 5.72. The lowest BCUT2D eigenvalue weighted by Crippen LogP contribution is -2.37. The van der Waals surface area contributed by atoms with Gasteiger partial charge in [0, 0.05) is 12.5 Å². The maximum Gasteiger partial charge on any atom is 0.389 e. The van der Waals surface area contributed by atoms with Gasteiger partial charge in [-0.15, -0.1) is 0 Å². The monoisotopic (exact) mass is 262 g/mol. The molecular formula is C12H17F3N2O. The molecule has 102 valence electrons. The number of hydrogen-bond acceptors (Lipinski definition) is 3. The predicted octanol–water partition coefficient (Wildman–Crippen LogP) is 2.63. The van der Waals surface area contributed by atoms with Crippen LogP contribution in [0.4, 0.5) is 13.2 Å². The van der Waals surface area contributed by atoms with Gasteiger partial charge in [-0.1, -0.05) is 18.2 Å². The first-order valence-electron chi connectivity index (χ1n) is 5.72. The van der Waals surface area contributed by atoms with Gasteiger partial charge in [0.1, 0.15) is 5.75 Å². The van der Waals surface area contributed by atoms with Gasteiger partial charge in [-0.05, 0) is 25.0 Å². The van der Waals surface area contributed by atoms with Crippen molar-refractivity contribution in [2.75, 3.05) is 6.61 Å². The average molecular weight is 262 g/mol. The van der Waals surface area contributed by atoms with Crippen LogP contribution in [0.5, 0.6) is 5.75 Å². The van der Waals surface area contributed by atoms with Crippen molar-refractivity contribution in [2.24, 2.45) is 5.84 Å². The van der Waals surface area contributed by atoms with Gasteiger partial charge < -0.3 is 4.74 Å². The first-order chi connectivity index (χ1) is 8.51. The van der Waals surface area contributed by atoms with Crippen LogP contribution in [0.15, 0.2) is 30.3 Å². The summed E-state index contributed by atoms with van der Waals surface area (Å²) >= 11 is 0. The van der Waals surface area contributed by atoms with Crippen molar-refractivity contribution in [3.63, 3.8) is 0 Å². The van der Waals surface area contributed by atoms with Crippen molar-refractivity contribution >= 4 is 0 Å². The van der Waals surface area contributed by atoms with Crippen LogP contribution >= 0.6 is 0 Å². The lowest BCUT2D eigenvalue weighted by molar-refractivity contribution is -0.136. The van der Waals surface area contributed by atoms with E-state index in [4.69, 9.17) is 10.6 Å². The highest BCUT2D eigenvalue weighted by Gasteiger charge is 2.27. The van der Waals surface area contributed by atoms with Crippen molar-refractivity contribution in [3.05, 3.63) is 30.3 Å². The van der Waals surface area contributed by atoms with Gasteiger partial charge in [-0.2, -0.15) is 13.2 Å². The van der Waals surface area contributed by atoms with E-state index < -0.39 is 18.6 Å². The zero-order valence-electron chi connectivity index (χ0n) is 9.91. The molecular weight excluding hydrogens is 245 g/mol. The molecule has 0 fully saturated rings. The summed E-state index contributed by atoms with van der Waals surface area (Å²) in [6, 6.07) is 8.71. The smallest absolute Gasteiger partial charge is 0.389 e. The molecule has 3 N–H and O–H groups in total. The van der Waals surface area contributed by atoms with E-state index in [1.165, 1.54) is 0 Å². The number of hydrazine groups is 1. The summed E-state index contributed by atoms with van der Waals surface area (Å²) in [5, 5.41) is 0. The fourth-order valence-corrected chi connectivity index (χ4v) is 1.48. The number of hydrogen-bond donors (Lipinski definition) is 2. The molecule has 0 bridgehead atoms. The molecule has 0 aliphatic heterocycles. The van der Waals surface area contributed by atoms with Crippen molar-refractivity contribution in [3.8, 4) is 5.75 Å². The van der Waals surface area contributed by atoms with E-state index in [1.807, 2.05) is 18.2 Å². The Labute approximate surface area is 104 Å². The highest BCUT2D eigenvalue weighted by atomic mass is 19.4. The van der Waals surface area contributed by atoms with E-state index in [1.54, 1.807) is 12.1 Å². The fraction of sp³-hybridized carbons (Fsp3) is 0.500. The Morgan fingerprint density at radius 1 is 1.17 bits per heavy atom. The van der Waals surface area contributed by atoms with E-state index >= 15 is 0 Å². The third kappa shape index (κ3) is 6.46. The molecule has 0 amide bonds. The standard InChI is InChI=1S/C12H17F3N2O/c13-12(14,15)8-6-10(17-16)7-9-18-11-4-2-1-3-5-11/h1-5,10,17H,6-9,16H2. The van der Waals surface area contributed by atoms with Gasteiger partial charge in [0.15, 0.2) is 0 Å². The number of nitrogens with two attached hydrogens (primary N) is 1. The molecule has 1 rings (SSSR count). The summed E-state index contributed by atoms with van der Waals surface area (Å²) in [7, 11) is 0. The summed E-state index contributed by atoms with van der Waals surface area (Å²) in [6.07, 6.45) is -4.60. The van der Waals surface area contributed by atoms with Crippen LogP contribution in [0, 0.1) is 0 Å². The van der Waals surface area contributed by atoms with Gasteiger partial charge >= 0.3 is 6.18 Å². The Hall–Kier alpha value is -1.27. The third-order valence-corrected chi connectivity index (χ3v) is 2.49. The lowest BCUT2D eigenvalue weighted by atomic mass is 10.1. The summed E-state index contributed by atoms with van der Waals surface area (Å²) < 4.78 is 41.5. The highest BCUT2D eigenvalue weighted by Crippen LogP contribution is 2.22. The molecule has 3 nitrogen and oxygen atoms in total. The Morgan fingerprint density at radius 3 is 2.39 bits per heavy atom. The number of benzene rings is 1. The van der Waals surface area contributed by atoms with Crippen LogP contribution in [0.3, 0.4) is 0 Å². The van der Waals surface area contributed by atoms with Crippen molar-refractivity contribution in [2.45, 2.75) is 31.5 Å². The summed E-state index contributed by atoms with van der Waals surface area (Å²) in [5.74, 6) is 5.91. The molecule has 0 saturated heterocycles. The first kappa shape index (κ1) is 14.8. The molecule has 0 heterocycles. The minimum absolute atomic E-state index is 0.0435. The number of ether oxygens (including phenoxy) is 1. The SMILES string of the molecule is NNC(CCOc1ccccc1)CCC(F)(F)F. The molecule has 1 atom stereocenters. The normalized spacial score (nSPS) is 13.3. The van der Waals surface area contributed by atoms with E-state index in [9.17, 15) is 13.2 Å². The molecule has 0 spiro atoms. The molecule has 18 heavy (non-hydrogen) atoms. The minimum atomic E-state index is -4.14. The molecule has 1 aromatic carbocycles. The van der Waals surface area contributed by atoms with Gasteiger partial charge in [0.2, 0.25) is 0 Å². The maximum atomic E-state index is 12.0. The Kier molecular flexibility index (Phi) is 5.94.